The molecule has 0 spiro atoms. The number of hydrogen-bond donors (Lipinski definition) is 4. The Hall–Kier alpha value is -7.34. The Morgan fingerprint density at radius 2 is 1.56 bits per heavy atom. The molecule has 2 saturated heterocycles. The molecule has 3 aliphatic heterocycles. The number of aliphatic hydroxyl groups is 1. The maximum Gasteiger partial charge on any atom is 0.255 e. The highest BCUT2D eigenvalue weighted by Crippen LogP contribution is 2.36. The Morgan fingerprint density at radius 3 is 2.23 bits per heavy atom. The number of β-amino-alcohol motifs (C(OH)–C–C–N with tert-alkyl or cyclic N) is 1. The predicted molar refractivity (Wildman–Crippen MR) is 311 cm³/mol. The summed E-state index contributed by atoms with van der Waals surface area (Å²) in [4.78, 5) is 83.1. The number of H-pyrrole nitrogens is 1. The number of nitrogens with zero attached hydrogens (tertiary/aromatic N) is 4. The van der Waals surface area contributed by atoms with E-state index in [-0.39, 0.29) is 73.2 Å². The van der Waals surface area contributed by atoms with Crippen LogP contribution in [0.3, 0.4) is 0 Å². The number of hydrogen-bond acceptors (Lipinski definition) is 12. The number of thiazole rings is 1. The molecule has 0 aliphatic carbocycles. The van der Waals surface area contributed by atoms with Crippen molar-refractivity contribution in [2.24, 2.45) is 5.92 Å². The molecule has 4 atom stereocenters. The summed E-state index contributed by atoms with van der Waals surface area (Å²) >= 11 is 1.58. The molecule has 422 valence electrons. The van der Waals surface area contributed by atoms with Crippen molar-refractivity contribution in [1.29, 1.82) is 0 Å². The van der Waals surface area contributed by atoms with E-state index in [0.717, 1.165) is 80.3 Å². The molecule has 4 amide bonds. The number of anilines is 1. The number of ether oxygens (including phenoxy) is 3. The maximum absolute atomic E-state index is 14.5. The summed E-state index contributed by atoms with van der Waals surface area (Å²) in [5, 5.41) is 16.9. The summed E-state index contributed by atoms with van der Waals surface area (Å²) in [6, 6.07) is 25.5. The molecule has 16 nitrogen and oxygen atoms in total. The first-order valence-corrected chi connectivity index (χ1v) is 28.9. The van der Waals surface area contributed by atoms with Gasteiger partial charge in [-0.15, -0.1) is 11.3 Å². The van der Waals surface area contributed by atoms with Crippen molar-refractivity contribution >= 4 is 40.7 Å². The number of carbonyl (C=O) groups is 4. The zero-order chi connectivity index (χ0) is 56.8. The van der Waals surface area contributed by atoms with Gasteiger partial charge in [0.25, 0.3) is 17.4 Å². The van der Waals surface area contributed by atoms with Crippen molar-refractivity contribution in [2.45, 2.75) is 131 Å². The zero-order valence-corrected chi connectivity index (χ0v) is 48.0. The Bertz CT molecular complexity index is 3260. The highest BCUT2D eigenvalue weighted by molar-refractivity contribution is 7.13. The standard InChI is InChI=1S/C63H75N7O9S/c1-9-68(48-22-26-77-27-23-48)55-30-47(29-52(40(55)6)59(72)64-33-54-38(4)28-39(5)66-60(54)73)44-16-19-50(20-17-44)78-24-10-11-25-79-51-21-18-46-34-70(62(75)53(46)32-51)57(37(2)3)63(76)69-35-49(71)31-56(69)61(74)67-41(7)43-12-14-45(15-13-43)58-42(8)65-36-80-58/h12-21,28-30,32,36-37,41,48-49,56-57,71H,9-11,22-27,31,33-35H2,1-8H3,(H,64,72)(H,66,73)(H,67,74)/t41-,49+,56-,57?/m0/s1. The summed E-state index contributed by atoms with van der Waals surface area (Å²) in [5.41, 5.74) is 12.2. The number of benzene rings is 4. The molecule has 2 aromatic heterocycles. The molecule has 17 heteroatoms. The Kier molecular flexibility index (Phi) is 18.2. The van der Waals surface area contributed by atoms with E-state index in [1.165, 1.54) is 4.90 Å². The lowest BCUT2D eigenvalue weighted by atomic mass is 9.95. The number of unbranched alkanes of at least 4 members (excludes halogenated alkanes) is 1. The van der Waals surface area contributed by atoms with Crippen LogP contribution in [0.2, 0.25) is 0 Å². The van der Waals surface area contributed by atoms with Crippen molar-refractivity contribution in [3.8, 4) is 33.1 Å². The van der Waals surface area contributed by atoms with Gasteiger partial charge >= 0.3 is 0 Å². The van der Waals surface area contributed by atoms with E-state index in [4.69, 9.17) is 14.2 Å². The van der Waals surface area contributed by atoms with E-state index in [0.29, 0.717) is 67.5 Å². The second-order valence-corrected chi connectivity index (χ2v) is 22.7. The zero-order valence-electron chi connectivity index (χ0n) is 47.2. The maximum atomic E-state index is 14.5. The van der Waals surface area contributed by atoms with Gasteiger partial charge in [0, 0.05) is 79.9 Å². The number of fused-ring (bicyclic) bond motifs is 1. The van der Waals surface area contributed by atoms with Crippen LogP contribution in [0.15, 0.2) is 95.2 Å². The lowest BCUT2D eigenvalue weighted by Gasteiger charge is -2.37. The van der Waals surface area contributed by atoms with Gasteiger partial charge in [0.05, 0.1) is 41.4 Å². The fourth-order valence-electron chi connectivity index (χ4n) is 11.5. The summed E-state index contributed by atoms with van der Waals surface area (Å²) in [6.07, 6.45) is 2.44. The van der Waals surface area contributed by atoms with Crippen molar-refractivity contribution in [3.63, 3.8) is 0 Å². The molecule has 0 saturated carbocycles. The minimum absolute atomic E-state index is 0.00191. The first-order valence-electron chi connectivity index (χ1n) is 28.0. The molecule has 9 rings (SSSR count). The summed E-state index contributed by atoms with van der Waals surface area (Å²) in [5.74, 6) is -0.256. The van der Waals surface area contributed by atoms with Gasteiger partial charge in [-0.2, -0.15) is 0 Å². The van der Waals surface area contributed by atoms with Gasteiger partial charge in [-0.05, 0) is 155 Å². The van der Waals surface area contributed by atoms with Crippen molar-refractivity contribution in [3.05, 3.63) is 151 Å². The van der Waals surface area contributed by atoms with E-state index in [1.807, 2.05) is 127 Å². The van der Waals surface area contributed by atoms with Crippen LogP contribution in [0.4, 0.5) is 5.69 Å². The number of aromatic amines is 1. The van der Waals surface area contributed by atoms with Crippen molar-refractivity contribution < 1.29 is 38.5 Å². The van der Waals surface area contributed by atoms with E-state index >= 15 is 0 Å². The van der Waals surface area contributed by atoms with Gasteiger partial charge in [-0.3, -0.25) is 24.0 Å². The molecule has 5 heterocycles. The number of aryl methyl sites for hydroxylation is 3. The van der Waals surface area contributed by atoms with Crippen LogP contribution in [-0.4, -0.2) is 112 Å². The highest BCUT2D eigenvalue weighted by atomic mass is 32.1. The van der Waals surface area contributed by atoms with E-state index < -0.39 is 18.2 Å². The van der Waals surface area contributed by atoms with Crippen LogP contribution < -0.4 is 30.6 Å². The monoisotopic (exact) mass is 1110 g/mol. The fourth-order valence-corrected chi connectivity index (χ4v) is 12.3. The number of pyridine rings is 1. The Morgan fingerprint density at radius 1 is 0.875 bits per heavy atom. The number of rotatable bonds is 21. The molecular weight excluding hydrogens is 1030 g/mol. The lowest BCUT2D eigenvalue weighted by Crippen LogP contribution is -2.55. The fraction of sp³-hybridized carbons (Fsp3) is 0.429. The first-order chi connectivity index (χ1) is 38.5. The van der Waals surface area contributed by atoms with Gasteiger partial charge in [-0.1, -0.05) is 56.3 Å². The van der Waals surface area contributed by atoms with Crippen LogP contribution in [-0.2, 0) is 27.4 Å². The average Bonchev–Trinajstić information content (AvgIpc) is 4.20. The van der Waals surface area contributed by atoms with E-state index in [1.54, 1.807) is 22.3 Å². The SMILES string of the molecule is CCN(c1cc(-c2ccc(OCCCCOc3ccc4c(c3)C(=O)N(C(C(=O)N3C[C@H](O)C[C@H]3C(=O)N[C@@H](C)c3ccc(-c5scnc5C)cc3)C(C)C)C4)cc2)cc(C(=O)NCc2c(C)cc(C)[nH]c2=O)c1C)C1CCOCC1. The Labute approximate surface area is 472 Å². The molecule has 0 radical (unpaired) electrons. The smallest absolute Gasteiger partial charge is 0.255 e. The second kappa shape index (κ2) is 25.4. The number of nitrogens with one attached hydrogen (secondary N) is 3. The minimum Gasteiger partial charge on any atom is -0.494 e. The van der Waals surface area contributed by atoms with Gasteiger partial charge in [0.1, 0.15) is 23.6 Å². The third kappa shape index (κ3) is 12.8. The topological polar surface area (TPSA) is 196 Å². The molecule has 4 N–H and O–H groups in total. The molecule has 4 aromatic carbocycles. The lowest BCUT2D eigenvalue weighted by molar-refractivity contribution is -0.143. The van der Waals surface area contributed by atoms with Gasteiger partial charge < -0.3 is 49.6 Å². The summed E-state index contributed by atoms with van der Waals surface area (Å²) in [7, 11) is 0. The number of carbonyl (C=O) groups excluding carboxylic acids is 4. The molecule has 6 aromatic rings. The Balaban J connectivity index is 0.779. The second-order valence-electron chi connectivity index (χ2n) is 21.8. The summed E-state index contributed by atoms with van der Waals surface area (Å²) < 4.78 is 18.0. The van der Waals surface area contributed by atoms with E-state index in [2.05, 4.69) is 38.5 Å². The predicted octanol–water partition coefficient (Wildman–Crippen LogP) is 9.39. The normalized spacial score (nSPS) is 17.1. The van der Waals surface area contributed by atoms with Crippen molar-refractivity contribution in [2.75, 3.05) is 44.4 Å². The molecule has 1 unspecified atom stereocenters. The van der Waals surface area contributed by atoms with Crippen LogP contribution >= 0.6 is 11.3 Å². The van der Waals surface area contributed by atoms with Crippen LogP contribution in [0.1, 0.15) is 126 Å². The van der Waals surface area contributed by atoms with Crippen LogP contribution in [0, 0.1) is 33.6 Å². The van der Waals surface area contributed by atoms with Crippen LogP contribution in [0.5, 0.6) is 11.5 Å². The van der Waals surface area contributed by atoms with Gasteiger partial charge in [0.2, 0.25) is 11.8 Å². The van der Waals surface area contributed by atoms with E-state index in [9.17, 15) is 29.1 Å². The number of aromatic nitrogens is 2. The third-order valence-electron chi connectivity index (χ3n) is 15.9. The quantitative estimate of drug-likeness (QED) is 0.0502. The largest absolute Gasteiger partial charge is 0.494 e. The van der Waals surface area contributed by atoms with Gasteiger partial charge in [-0.25, -0.2) is 4.98 Å². The first kappa shape index (κ1) is 57.3. The molecule has 80 heavy (non-hydrogen) atoms. The minimum atomic E-state index is -0.892. The number of amides is 4. The summed E-state index contributed by atoms with van der Waals surface area (Å²) in [6.45, 7) is 18.9. The molecular formula is C63H75N7O9S. The molecule has 2 fully saturated rings. The average molecular weight is 1110 g/mol. The number of aliphatic hydroxyl groups excluding tert-OH is 1. The van der Waals surface area contributed by atoms with Gasteiger partial charge in [0.15, 0.2) is 0 Å². The molecule has 0 bridgehead atoms. The van der Waals surface area contributed by atoms with Crippen LogP contribution in [0.25, 0.3) is 21.6 Å². The van der Waals surface area contributed by atoms with Crippen molar-refractivity contribution in [1.82, 2.24) is 30.4 Å². The highest BCUT2D eigenvalue weighted by Gasteiger charge is 2.46. The third-order valence-corrected chi connectivity index (χ3v) is 16.8. The number of likely N-dealkylation sites (tertiary alicyclic amines) is 1. The molecule has 3 aliphatic rings.